The van der Waals surface area contributed by atoms with E-state index in [0.717, 1.165) is 5.56 Å². The van der Waals surface area contributed by atoms with E-state index in [1.165, 1.54) is 0 Å². The van der Waals surface area contributed by atoms with Gasteiger partial charge in [0.05, 0.1) is 0 Å². The van der Waals surface area contributed by atoms with Crippen molar-refractivity contribution in [1.82, 2.24) is 5.32 Å². The number of nitrogens with two attached hydrogens (primary N) is 1. The van der Waals surface area contributed by atoms with Crippen LogP contribution in [-0.4, -0.2) is 23.9 Å². The number of rotatable bonds is 6. The number of primary amides is 1. The highest BCUT2D eigenvalue weighted by molar-refractivity contribution is 6.01. The lowest BCUT2D eigenvalue weighted by Crippen LogP contribution is -2.47. The molecule has 2 aromatic rings. The van der Waals surface area contributed by atoms with E-state index in [4.69, 9.17) is 5.73 Å². The van der Waals surface area contributed by atoms with Gasteiger partial charge in [0.25, 0.3) is 5.91 Å². The minimum atomic E-state index is -0.729. The van der Waals surface area contributed by atoms with Crippen molar-refractivity contribution in [2.45, 2.75) is 46.1 Å². The van der Waals surface area contributed by atoms with Gasteiger partial charge in [0.2, 0.25) is 5.91 Å². The first-order valence-electron chi connectivity index (χ1n) is 9.86. The number of nitrogens with one attached hydrogen (secondary N) is 3. The lowest BCUT2D eigenvalue weighted by Gasteiger charge is -2.22. The Morgan fingerprint density at radius 2 is 1.47 bits per heavy atom. The smallest absolute Gasteiger partial charge is 0.316 e. The van der Waals surface area contributed by atoms with Gasteiger partial charge < -0.3 is 21.7 Å². The summed E-state index contributed by atoms with van der Waals surface area (Å²) in [6, 6.07) is 12.6. The van der Waals surface area contributed by atoms with Crippen molar-refractivity contribution in [2.75, 3.05) is 10.6 Å². The largest absolute Gasteiger partial charge is 0.351 e. The summed E-state index contributed by atoms with van der Waals surface area (Å²) in [5.74, 6) is -0.788. The molecule has 0 heterocycles. The molecule has 4 amide bonds. The Bertz CT molecular complexity index is 915. The topological polar surface area (TPSA) is 113 Å². The Hall–Kier alpha value is -3.35. The predicted octanol–water partition coefficient (Wildman–Crippen LogP) is 3.87. The number of hydrogen-bond acceptors (Lipinski definition) is 3. The van der Waals surface area contributed by atoms with Gasteiger partial charge in [-0.05, 0) is 47.2 Å². The third-order valence-electron chi connectivity index (χ3n) is 4.65. The zero-order valence-corrected chi connectivity index (χ0v) is 18.1. The molecule has 160 valence electrons. The fourth-order valence-electron chi connectivity index (χ4n) is 2.92. The van der Waals surface area contributed by atoms with Crippen molar-refractivity contribution in [1.29, 1.82) is 0 Å². The Balaban J connectivity index is 2.10. The number of anilines is 2. The van der Waals surface area contributed by atoms with Crippen LogP contribution in [0.2, 0.25) is 0 Å². The van der Waals surface area contributed by atoms with E-state index < -0.39 is 12.1 Å². The maximum atomic E-state index is 12.8. The second kappa shape index (κ2) is 9.43. The van der Waals surface area contributed by atoms with Gasteiger partial charge in [-0.2, -0.15) is 0 Å². The van der Waals surface area contributed by atoms with Gasteiger partial charge in [0, 0.05) is 16.9 Å². The van der Waals surface area contributed by atoms with Crippen LogP contribution in [0.15, 0.2) is 48.5 Å². The molecule has 2 rings (SSSR count). The van der Waals surface area contributed by atoms with Gasteiger partial charge >= 0.3 is 6.03 Å². The summed E-state index contributed by atoms with van der Waals surface area (Å²) >= 11 is 0. The minimum absolute atomic E-state index is 0.00668. The van der Waals surface area contributed by atoms with Gasteiger partial charge in [-0.1, -0.05) is 52.8 Å². The van der Waals surface area contributed by atoms with Gasteiger partial charge in [0.15, 0.2) is 0 Å². The fourth-order valence-corrected chi connectivity index (χ4v) is 2.92. The van der Waals surface area contributed by atoms with Crippen LogP contribution in [-0.2, 0) is 10.2 Å². The molecule has 0 aliphatic heterocycles. The summed E-state index contributed by atoms with van der Waals surface area (Å²) in [7, 11) is 0. The van der Waals surface area contributed by atoms with Crippen LogP contribution in [0.3, 0.4) is 0 Å². The highest BCUT2D eigenvalue weighted by atomic mass is 16.2. The van der Waals surface area contributed by atoms with Crippen molar-refractivity contribution < 1.29 is 14.4 Å². The molecule has 0 bridgehead atoms. The minimum Gasteiger partial charge on any atom is -0.351 e. The molecule has 0 aliphatic rings. The van der Waals surface area contributed by atoms with Gasteiger partial charge in [0.1, 0.15) is 6.04 Å². The molecule has 1 atom stereocenters. The molecule has 7 nitrogen and oxygen atoms in total. The van der Waals surface area contributed by atoms with Crippen LogP contribution in [0.1, 0.15) is 50.5 Å². The first-order chi connectivity index (χ1) is 14.0. The van der Waals surface area contributed by atoms with E-state index in [9.17, 15) is 14.4 Å². The fraction of sp³-hybridized carbons (Fsp3) is 0.348. The third kappa shape index (κ3) is 6.34. The standard InChI is InChI=1S/C23H30N4O3/c1-14(2)19(21(29)25-17-7-6-8-18(13-17)26-22(24)30)27-20(28)15-9-11-16(12-10-15)23(3,4)5/h6-14,19H,1-5H3,(H,25,29)(H,27,28)(H3,24,26,30). The van der Waals surface area contributed by atoms with Gasteiger partial charge in [-0.25, -0.2) is 4.79 Å². The number of carbonyl (C=O) groups is 3. The number of hydrogen-bond donors (Lipinski definition) is 4. The van der Waals surface area contributed by atoms with Crippen molar-refractivity contribution >= 4 is 29.2 Å². The maximum Gasteiger partial charge on any atom is 0.316 e. The van der Waals surface area contributed by atoms with Crippen LogP contribution in [0.5, 0.6) is 0 Å². The quantitative estimate of drug-likeness (QED) is 0.580. The summed E-state index contributed by atoms with van der Waals surface area (Å²) in [6.07, 6.45) is 0. The van der Waals surface area contributed by atoms with E-state index in [1.54, 1.807) is 36.4 Å². The Kier molecular flexibility index (Phi) is 7.21. The monoisotopic (exact) mass is 410 g/mol. The predicted molar refractivity (Wildman–Crippen MR) is 120 cm³/mol. The average Bonchev–Trinajstić information content (AvgIpc) is 2.64. The average molecular weight is 411 g/mol. The Labute approximate surface area is 177 Å². The highest BCUT2D eigenvalue weighted by Gasteiger charge is 2.25. The summed E-state index contributed by atoms with van der Waals surface area (Å²) in [5, 5.41) is 8.05. The lowest BCUT2D eigenvalue weighted by molar-refractivity contribution is -0.118. The molecule has 0 spiro atoms. The third-order valence-corrected chi connectivity index (χ3v) is 4.65. The maximum absolute atomic E-state index is 12.8. The van der Waals surface area contributed by atoms with E-state index in [2.05, 4.69) is 36.7 Å². The van der Waals surface area contributed by atoms with Crippen LogP contribution in [0.4, 0.5) is 16.2 Å². The second-order valence-electron chi connectivity index (χ2n) is 8.58. The lowest BCUT2D eigenvalue weighted by atomic mass is 9.86. The molecule has 0 aromatic heterocycles. The number of urea groups is 1. The highest BCUT2D eigenvalue weighted by Crippen LogP contribution is 2.22. The Morgan fingerprint density at radius 1 is 0.900 bits per heavy atom. The Morgan fingerprint density at radius 3 is 1.97 bits per heavy atom. The molecule has 0 aliphatic carbocycles. The number of amides is 4. The zero-order valence-electron chi connectivity index (χ0n) is 18.1. The van der Waals surface area contributed by atoms with Crippen molar-refractivity contribution in [3.05, 3.63) is 59.7 Å². The molecule has 0 radical (unpaired) electrons. The molecule has 2 aromatic carbocycles. The summed E-state index contributed by atoms with van der Waals surface area (Å²) in [6.45, 7) is 10.0. The number of benzene rings is 2. The van der Waals surface area contributed by atoms with Crippen molar-refractivity contribution in [3.63, 3.8) is 0 Å². The molecule has 7 heteroatoms. The van der Waals surface area contributed by atoms with Gasteiger partial charge in [-0.3, -0.25) is 9.59 Å². The second-order valence-corrected chi connectivity index (χ2v) is 8.58. The first-order valence-corrected chi connectivity index (χ1v) is 9.86. The SMILES string of the molecule is CC(C)C(NC(=O)c1ccc(C(C)(C)C)cc1)C(=O)Nc1cccc(NC(N)=O)c1. The van der Waals surface area contributed by atoms with E-state index in [-0.39, 0.29) is 23.1 Å². The van der Waals surface area contributed by atoms with Crippen molar-refractivity contribution in [3.8, 4) is 0 Å². The summed E-state index contributed by atoms with van der Waals surface area (Å²) in [4.78, 5) is 36.5. The van der Waals surface area contributed by atoms with Crippen LogP contribution in [0.25, 0.3) is 0 Å². The molecular weight excluding hydrogens is 380 g/mol. The van der Waals surface area contributed by atoms with Crippen molar-refractivity contribution in [2.24, 2.45) is 11.7 Å². The van der Waals surface area contributed by atoms with Crippen LogP contribution < -0.4 is 21.7 Å². The molecule has 0 fully saturated rings. The summed E-state index contributed by atoms with van der Waals surface area (Å²) < 4.78 is 0. The molecular formula is C23H30N4O3. The molecule has 0 saturated carbocycles. The molecule has 5 N–H and O–H groups in total. The molecule has 0 saturated heterocycles. The first kappa shape index (κ1) is 22.9. The molecule has 1 unspecified atom stereocenters. The van der Waals surface area contributed by atoms with E-state index in [1.807, 2.05) is 26.0 Å². The zero-order chi connectivity index (χ0) is 22.5. The van der Waals surface area contributed by atoms with Crippen LogP contribution in [0, 0.1) is 5.92 Å². The van der Waals surface area contributed by atoms with Crippen LogP contribution >= 0.6 is 0 Å². The number of carbonyl (C=O) groups excluding carboxylic acids is 3. The van der Waals surface area contributed by atoms with Gasteiger partial charge in [-0.15, -0.1) is 0 Å². The summed E-state index contributed by atoms with van der Waals surface area (Å²) in [5.41, 5.74) is 7.69. The normalized spacial score (nSPS) is 12.2. The van der Waals surface area contributed by atoms with E-state index in [0.29, 0.717) is 16.9 Å². The molecule has 30 heavy (non-hydrogen) atoms. The van der Waals surface area contributed by atoms with E-state index >= 15 is 0 Å².